The van der Waals surface area contributed by atoms with Crippen molar-refractivity contribution in [3.8, 4) is 5.75 Å². The van der Waals surface area contributed by atoms with Gasteiger partial charge in [0.2, 0.25) is 0 Å². The molecule has 10 heteroatoms. The Labute approximate surface area is 160 Å². The molecule has 0 saturated carbocycles. The SMILES string of the molecule is Cn1ccnc1CNC(=O)NCC1CCN(c2ccc(OC(F)(F)F)cc2)C1. The van der Waals surface area contributed by atoms with Gasteiger partial charge in [0.25, 0.3) is 0 Å². The standard InChI is InChI=1S/C18H22F3N5O2/c1-25-9-7-22-16(25)11-24-17(27)23-10-13-6-8-26(12-13)14-2-4-15(5-3-14)28-18(19,20)21/h2-5,7,9,13H,6,8,10-12H2,1H3,(H2,23,24,27). The highest BCUT2D eigenvalue weighted by atomic mass is 19.4. The molecule has 2 N–H and O–H groups in total. The van der Waals surface area contributed by atoms with Crippen molar-refractivity contribution < 1.29 is 22.7 Å². The maximum Gasteiger partial charge on any atom is 0.573 e. The molecule has 7 nitrogen and oxygen atoms in total. The highest BCUT2D eigenvalue weighted by Crippen LogP contribution is 2.28. The summed E-state index contributed by atoms with van der Waals surface area (Å²) in [5.41, 5.74) is 0.830. The summed E-state index contributed by atoms with van der Waals surface area (Å²) in [5.74, 6) is 0.795. The Kier molecular flexibility index (Phi) is 5.96. The van der Waals surface area contributed by atoms with Crippen molar-refractivity contribution in [2.45, 2.75) is 19.3 Å². The molecule has 1 aromatic heterocycles. The van der Waals surface area contributed by atoms with E-state index in [0.29, 0.717) is 13.1 Å². The van der Waals surface area contributed by atoms with E-state index in [9.17, 15) is 18.0 Å². The number of ether oxygens (including phenoxy) is 1. The van der Waals surface area contributed by atoms with Crippen LogP contribution in [0.4, 0.5) is 23.7 Å². The number of benzene rings is 1. The fraction of sp³-hybridized carbons (Fsp3) is 0.444. The van der Waals surface area contributed by atoms with E-state index in [4.69, 9.17) is 0 Å². The summed E-state index contributed by atoms with van der Waals surface area (Å²) in [4.78, 5) is 18.1. The zero-order chi connectivity index (χ0) is 20.1. The maximum atomic E-state index is 12.2. The van der Waals surface area contributed by atoms with Gasteiger partial charge in [0.15, 0.2) is 0 Å². The molecule has 2 aromatic rings. The molecule has 0 spiro atoms. The van der Waals surface area contributed by atoms with Crippen LogP contribution >= 0.6 is 0 Å². The van der Waals surface area contributed by atoms with Gasteiger partial charge in [-0.1, -0.05) is 0 Å². The molecule has 152 valence electrons. The molecule has 1 aliphatic rings. The second-order valence-electron chi connectivity index (χ2n) is 6.66. The van der Waals surface area contributed by atoms with Gasteiger partial charge in [-0.2, -0.15) is 0 Å². The zero-order valence-corrected chi connectivity index (χ0v) is 15.4. The number of nitrogens with zero attached hydrogens (tertiary/aromatic N) is 3. The Balaban J connectivity index is 1.41. The van der Waals surface area contributed by atoms with E-state index in [2.05, 4.69) is 25.3 Å². The lowest BCUT2D eigenvalue weighted by atomic mass is 10.1. The Hall–Kier alpha value is -2.91. The van der Waals surface area contributed by atoms with Crippen molar-refractivity contribution in [1.29, 1.82) is 0 Å². The number of alkyl halides is 3. The Morgan fingerprint density at radius 3 is 2.68 bits per heavy atom. The fourth-order valence-corrected chi connectivity index (χ4v) is 3.12. The van der Waals surface area contributed by atoms with Crippen molar-refractivity contribution in [2.24, 2.45) is 13.0 Å². The van der Waals surface area contributed by atoms with Crippen LogP contribution in [-0.4, -0.2) is 41.6 Å². The molecule has 2 heterocycles. The van der Waals surface area contributed by atoms with Gasteiger partial charge in [-0.3, -0.25) is 0 Å². The van der Waals surface area contributed by atoms with Crippen LogP contribution < -0.4 is 20.3 Å². The van der Waals surface area contributed by atoms with Gasteiger partial charge in [0.1, 0.15) is 11.6 Å². The van der Waals surface area contributed by atoms with Crippen molar-refractivity contribution in [3.05, 3.63) is 42.5 Å². The minimum atomic E-state index is -4.69. The summed E-state index contributed by atoms with van der Waals surface area (Å²) < 4.78 is 42.4. The van der Waals surface area contributed by atoms with Gasteiger partial charge in [0, 0.05) is 44.8 Å². The number of halogens is 3. The predicted molar refractivity (Wildman–Crippen MR) is 96.9 cm³/mol. The first-order valence-electron chi connectivity index (χ1n) is 8.89. The van der Waals surface area contributed by atoms with E-state index < -0.39 is 6.36 Å². The van der Waals surface area contributed by atoms with Crippen molar-refractivity contribution in [1.82, 2.24) is 20.2 Å². The minimum absolute atomic E-state index is 0.238. The second-order valence-corrected chi connectivity index (χ2v) is 6.66. The molecule has 1 aliphatic heterocycles. The number of hydrogen-bond acceptors (Lipinski definition) is 4. The molecule has 1 unspecified atom stereocenters. The number of imidazole rings is 1. The highest BCUT2D eigenvalue weighted by Gasteiger charge is 2.31. The van der Waals surface area contributed by atoms with Crippen LogP contribution in [0.3, 0.4) is 0 Å². The van der Waals surface area contributed by atoms with E-state index >= 15 is 0 Å². The molecule has 0 bridgehead atoms. The van der Waals surface area contributed by atoms with Crippen LogP contribution in [0.1, 0.15) is 12.2 Å². The average molecular weight is 397 g/mol. The number of amides is 2. The molecule has 2 amide bonds. The monoisotopic (exact) mass is 397 g/mol. The first-order chi connectivity index (χ1) is 13.3. The first kappa shape index (κ1) is 19.8. The van der Waals surface area contributed by atoms with E-state index in [0.717, 1.165) is 31.0 Å². The molecule has 28 heavy (non-hydrogen) atoms. The van der Waals surface area contributed by atoms with Crippen LogP contribution in [0.5, 0.6) is 5.75 Å². The van der Waals surface area contributed by atoms with Gasteiger partial charge < -0.3 is 24.8 Å². The Morgan fingerprint density at radius 1 is 1.29 bits per heavy atom. The smallest absolute Gasteiger partial charge is 0.406 e. The number of rotatable bonds is 6. The van der Waals surface area contributed by atoms with Crippen LogP contribution in [-0.2, 0) is 13.6 Å². The van der Waals surface area contributed by atoms with Crippen molar-refractivity contribution >= 4 is 11.7 Å². The summed E-state index contributed by atoms with van der Waals surface area (Å²) in [6, 6.07) is 5.57. The second kappa shape index (κ2) is 8.41. The number of carbonyl (C=O) groups excluding carboxylic acids is 1. The van der Waals surface area contributed by atoms with Crippen LogP contribution in [0.2, 0.25) is 0 Å². The summed E-state index contributed by atoms with van der Waals surface area (Å²) in [7, 11) is 1.86. The van der Waals surface area contributed by atoms with Crippen LogP contribution in [0.25, 0.3) is 0 Å². The third-order valence-electron chi connectivity index (χ3n) is 4.60. The summed E-state index contributed by atoms with van der Waals surface area (Å²) in [6.45, 7) is 2.37. The third kappa shape index (κ3) is 5.54. The lowest BCUT2D eigenvalue weighted by Gasteiger charge is -2.19. The number of anilines is 1. The quantitative estimate of drug-likeness (QED) is 0.786. The van der Waals surface area contributed by atoms with Gasteiger partial charge in [-0.05, 0) is 36.6 Å². The van der Waals surface area contributed by atoms with Crippen LogP contribution in [0, 0.1) is 5.92 Å². The molecular weight excluding hydrogens is 375 g/mol. The van der Waals surface area contributed by atoms with E-state index in [-0.39, 0.29) is 17.7 Å². The lowest BCUT2D eigenvalue weighted by molar-refractivity contribution is -0.274. The largest absolute Gasteiger partial charge is 0.573 e. The van der Waals surface area contributed by atoms with Gasteiger partial charge in [-0.25, -0.2) is 9.78 Å². The number of aryl methyl sites for hydroxylation is 1. The van der Waals surface area contributed by atoms with E-state index in [1.54, 1.807) is 18.3 Å². The Morgan fingerprint density at radius 2 is 2.04 bits per heavy atom. The molecule has 0 radical (unpaired) electrons. The fourth-order valence-electron chi connectivity index (χ4n) is 3.12. The van der Waals surface area contributed by atoms with Gasteiger partial charge >= 0.3 is 12.4 Å². The molecule has 1 fully saturated rings. The van der Waals surface area contributed by atoms with Crippen molar-refractivity contribution in [2.75, 3.05) is 24.5 Å². The summed E-state index contributed by atoms with van der Waals surface area (Å²) >= 11 is 0. The van der Waals surface area contributed by atoms with Gasteiger partial charge in [0.05, 0.1) is 6.54 Å². The molecule has 1 atom stereocenters. The number of carbonyl (C=O) groups is 1. The number of hydrogen-bond donors (Lipinski definition) is 2. The summed E-state index contributed by atoms with van der Waals surface area (Å²) in [5, 5.41) is 5.62. The van der Waals surface area contributed by atoms with Gasteiger partial charge in [-0.15, -0.1) is 13.2 Å². The summed E-state index contributed by atoms with van der Waals surface area (Å²) in [6.07, 6.45) is -0.323. The van der Waals surface area contributed by atoms with Crippen LogP contribution in [0.15, 0.2) is 36.7 Å². The number of urea groups is 1. The highest BCUT2D eigenvalue weighted by molar-refractivity contribution is 5.73. The number of aromatic nitrogens is 2. The maximum absolute atomic E-state index is 12.2. The molecular formula is C18H22F3N5O2. The van der Waals surface area contributed by atoms with E-state index in [1.165, 1.54) is 12.1 Å². The van der Waals surface area contributed by atoms with Crippen molar-refractivity contribution in [3.63, 3.8) is 0 Å². The number of nitrogens with one attached hydrogen (secondary N) is 2. The molecule has 1 aromatic carbocycles. The lowest BCUT2D eigenvalue weighted by Crippen LogP contribution is -2.38. The molecule has 1 saturated heterocycles. The zero-order valence-electron chi connectivity index (χ0n) is 15.4. The predicted octanol–water partition coefficient (Wildman–Crippen LogP) is 2.64. The average Bonchev–Trinajstić information content (AvgIpc) is 3.26. The molecule has 0 aliphatic carbocycles. The topological polar surface area (TPSA) is 71.4 Å². The third-order valence-corrected chi connectivity index (χ3v) is 4.60. The van der Waals surface area contributed by atoms with E-state index in [1.807, 2.05) is 17.8 Å². The normalized spacial score (nSPS) is 16.9. The minimum Gasteiger partial charge on any atom is -0.406 e. The molecule has 3 rings (SSSR count). The Bertz CT molecular complexity index is 791. The first-order valence-corrected chi connectivity index (χ1v) is 8.89.